The van der Waals surface area contributed by atoms with Gasteiger partial charge in [-0.15, -0.1) is 0 Å². The second-order valence-electron chi connectivity index (χ2n) is 6.49. The van der Waals surface area contributed by atoms with E-state index in [9.17, 15) is 4.79 Å². The molecule has 0 spiro atoms. The number of carbonyl (C=O) groups excluding carboxylic acids is 1. The number of amides is 1. The Morgan fingerprint density at radius 3 is 2.39 bits per heavy atom. The van der Waals surface area contributed by atoms with Crippen LogP contribution in [0.3, 0.4) is 0 Å². The monoisotopic (exact) mass is 376 g/mol. The minimum absolute atomic E-state index is 0.0933. The van der Waals surface area contributed by atoms with E-state index in [0.717, 1.165) is 22.4 Å². The lowest BCUT2D eigenvalue weighted by molar-refractivity contribution is 0.0954. The minimum atomic E-state index is -0.0933. The Hall–Kier alpha value is -3.34. The average Bonchev–Trinajstić information content (AvgIpc) is 2.73. The Bertz CT molecular complexity index is 952. The van der Waals surface area contributed by atoms with Crippen molar-refractivity contribution in [2.24, 2.45) is 0 Å². The van der Waals surface area contributed by atoms with Crippen molar-refractivity contribution in [3.8, 4) is 22.8 Å². The lowest BCUT2D eigenvalue weighted by atomic mass is 10.1. The SMILES string of the molecule is COc1ccc(CCNC(=O)c2ccc(-c3cc(C)ccn3)cc2)cc1OC. The van der Waals surface area contributed by atoms with Crippen LogP contribution >= 0.6 is 0 Å². The largest absolute Gasteiger partial charge is 0.493 e. The molecule has 2 aromatic carbocycles. The van der Waals surface area contributed by atoms with Crippen LogP contribution in [0.15, 0.2) is 60.8 Å². The summed E-state index contributed by atoms with van der Waals surface area (Å²) in [6, 6.07) is 17.2. The molecule has 0 aliphatic carbocycles. The maximum Gasteiger partial charge on any atom is 0.251 e. The van der Waals surface area contributed by atoms with Gasteiger partial charge in [-0.05, 0) is 60.9 Å². The highest BCUT2D eigenvalue weighted by Crippen LogP contribution is 2.27. The molecule has 3 rings (SSSR count). The number of methoxy groups -OCH3 is 2. The van der Waals surface area contributed by atoms with Gasteiger partial charge in [0.2, 0.25) is 0 Å². The molecule has 28 heavy (non-hydrogen) atoms. The van der Waals surface area contributed by atoms with E-state index >= 15 is 0 Å². The van der Waals surface area contributed by atoms with Crippen LogP contribution in [0.25, 0.3) is 11.3 Å². The molecular weight excluding hydrogens is 352 g/mol. The van der Waals surface area contributed by atoms with Gasteiger partial charge in [0.25, 0.3) is 5.91 Å². The molecule has 0 bridgehead atoms. The van der Waals surface area contributed by atoms with E-state index in [0.29, 0.717) is 30.0 Å². The number of hydrogen-bond donors (Lipinski definition) is 1. The van der Waals surface area contributed by atoms with Crippen molar-refractivity contribution >= 4 is 5.91 Å². The van der Waals surface area contributed by atoms with Gasteiger partial charge in [0.05, 0.1) is 19.9 Å². The predicted molar refractivity (Wildman–Crippen MR) is 110 cm³/mol. The van der Waals surface area contributed by atoms with E-state index in [2.05, 4.69) is 10.3 Å². The number of pyridine rings is 1. The summed E-state index contributed by atoms with van der Waals surface area (Å²) in [5, 5.41) is 2.96. The number of carbonyl (C=O) groups is 1. The van der Waals surface area contributed by atoms with Gasteiger partial charge < -0.3 is 14.8 Å². The van der Waals surface area contributed by atoms with Crippen LogP contribution in [0.5, 0.6) is 11.5 Å². The van der Waals surface area contributed by atoms with Gasteiger partial charge in [-0.25, -0.2) is 0 Å². The zero-order valence-electron chi connectivity index (χ0n) is 16.4. The summed E-state index contributed by atoms with van der Waals surface area (Å²) in [7, 11) is 3.22. The van der Waals surface area contributed by atoms with Crippen molar-refractivity contribution in [3.63, 3.8) is 0 Å². The van der Waals surface area contributed by atoms with Crippen LogP contribution in [0.2, 0.25) is 0 Å². The van der Waals surface area contributed by atoms with Crippen molar-refractivity contribution < 1.29 is 14.3 Å². The first-order valence-corrected chi connectivity index (χ1v) is 9.13. The number of nitrogens with one attached hydrogen (secondary N) is 1. The molecule has 0 aliphatic heterocycles. The van der Waals surface area contributed by atoms with Crippen molar-refractivity contribution in [1.82, 2.24) is 10.3 Å². The molecule has 0 unspecified atom stereocenters. The first-order chi connectivity index (χ1) is 13.6. The van der Waals surface area contributed by atoms with Crippen LogP contribution in [-0.4, -0.2) is 31.7 Å². The van der Waals surface area contributed by atoms with Crippen molar-refractivity contribution in [1.29, 1.82) is 0 Å². The molecule has 0 aliphatic rings. The Morgan fingerprint density at radius 2 is 1.71 bits per heavy atom. The highest BCUT2D eigenvalue weighted by molar-refractivity contribution is 5.94. The summed E-state index contributed by atoms with van der Waals surface area (Å²) >= 11 is 0. The highest BCUT2D eigenvalue weighted by Gasteiger charge is 2.08. The Balaban J connectivity index is 1.58. The summed E-state index contributed by atoms with van der Waals surface area (Å²) in [5.74, 6) is 1.29. The normalized spacial score (nSPS) is 10.4. The van der Waals surface area contributed by atoms with Gasteiger partial charge in [0, 0.05) is 23.9 Å². The summed E-state index contributed by atoms with van der Waals surface area (Å²) in [4.78, 5) is 16.8. The second kappa shape index (κ2) is 9.04. The molecule has 144 valence electrons. The van der Waals surface area contributed by atoms with Crippen molar-refractivity contribution in [2.75, 3.05) is 20.8 Å². The fourth-order valence-electron chi connectivity index (χ4n) is 2.94. The third-order valence-electron chi connectivity index (χ3n) is 4.51. The molecule has 1 amide bonds. The smallest absolute Gasteiger partial charge is 0.251 e. The summed E-state index contributed by atoms with van der Waals surface area (Å²) in [5.41, 5.74) is 4.75. The van der Waals surface area contributed by atoms with Crippen LogP contribution in [0, 0.1) is 6.92 Å². The zero-order chi connectivity index (χ0) is 19.9. The maximum absolute atomic E-state index is 12.4. The van der Waals surface area contributed by atoms with E-state index in [4.69, 9.17) is 9.47 Å². The van der Waals surface area contributed by atoms with Crippen LogP contribution in [-0.2, 0) is 6.42 Å². The summed E-state index contributed by atoms with van der Waals surface area (Å²) in [6.07, 6.45) is 2.50. The van der Waals surface area contributed by atoms with Gasteiger partial charge in [-0.1, -0.05) is 18.2 Å². The number of aryl methyl sites for hydroxylation is 1. The number of hydrogen-bond acceptors (Lipinski definition) is 4. The fourth-order valence-corrected chi connectivity index (χ4v) is 2.94. The van der Waals surface area contributed by atoms with Gasteiger partial charge >= 0.3 is 0 Å². The highest BCUT2D eigenvalue weighted by atomic mass is 16.5. The molecule has 1 aromatic heterocycles. The Labute approximate surface area is 165 Å². The molecule has 0 atom stereocenters. The van der Waals surface area contributed by atoms with Crippen LogP contribution in [0.1, 0.15) is 21.5 Å². The number of rotatable bonds is 7. The van der Waals surface area contributed by atoms with E-state index < -0.39 is 0 Å². The average molecular weight is 376 g/mol. The molecule has 1 N–H and O–H groups in total. The van der Waals surface area contributed by atoms with E-state index in [1.807, 2.05) is 61.5 Å². The molecule has 5 heteroatoms. The minimum Gasteiger partial charge on any atom is -0.493 e. The van der Waals surface area contributed by atoms with E-state index in [-0.39, 0.29) is 5.91 Å². The van der Waals surface area contributed by atoms with Crippen LogP contribution < -0.4 is 14.8 Å². The Morgan fingerprint density at radius 1 is 0.964 bits per heavy atom. The molecule has 0 saturated heterocycles. The Kier molecular flexibility index (Phi) is 6.27. The van der Waals surface area contributed by atoms with Gasteiger partial charge in [0.1, 0.15) is 0 Å². The quantitative estimate of drug-likeness (QED) is 0.676. The maximum atomic E-state index is 12.4. The first kappa shape index (κ1) is 19.4. The van der Waals surface area contributed by atoms with Crippen LogP contribution in [0.4, 0.5) is 0 Å². The third kappa shape index (κ3) is 4.68. The standard InChI is InChI=1S/C23H24N2O3/c1-16-10-12-24-20(14-16)18-5-7-19(8-6-18)23(26)25-13-11-17-4-9-21(27-2)22(15-17)28-3/h4-10,12,14-15H,11,13H2,1-3H3,(H,25,26). The number of benzene rings is 2. The predicted octanol–water partition coefficient (Wildman–Crippen LogP) is 4.05. The second-order valence-corrected chi connectivity index (χ2v) is 6.49. The third-order valence-corrected chi connectivity index (χ3v) is 4.51. The van der Waals surface area contributed by atoms with E-state index in [1.54, 1.807) is 20.4 Å². The fraction of sp³-hybridized carbons (Fsp3) is 0.217. The summed E-state index contributed by atoms with van der Waals surface area (Å²) in [6.45, 7) is 2.57. The molecule has 1 heterocycles. The lowest BCUT2D eigenvalue weighted by Gasteiger charge is -2.10. The molecule has 0 radical (unpaired) electrons. The van der Waals surface area contributed by atoms with Gasteiger partial charge in [-0.2, -0.15) is 0 Å². The molecular formula is C23H24N2O3. The van der Waals surface area contributed by atoms with E-state index in [1.165, 1.54) is 0 Å². The summed E-state index contributed by atoms with van der Waals surface area (Å²) < 4.78 is 10.6. The van der Waals surface area contributed by atoms with Crippen molar-refractivity contribution in [2.45, 2.75) is 13.3 Å². The molecule has 0 saturated carbocycles. The first-order valence-electron chi connectivity index (χ1n) is 9.13. The van der Waals surface area contributed by atoms with Gasteiger partial charge in [0.15, 0.2) is 11.5 Å². The lowest BCUT2D eigenvalue weighted by Crippen LogP contribution is -2.25. The van der Waals surface area contributed by atoms with Gasteiger partial charge in [-0.3, -0.25) is 9.78 Å². The number of nitrogens with zero attached hydrogens (tertiary/aromatic N) is 1. The molecule has 0 fully saturated rings. The number of ether oxygens (including phenoxy) is 2. The molecule has 3 aromatic rings. The topological polar surface area (TPSA) is 60.5 Å². The molecule has 5 nitrogen and oxygen atoms in total. The van der Waals surface area contributed by atoms with Crippen molar-refractivity contribution in [3.05, 3.63) is 77.5 Å². The number of aromatic nitrogens is 1. The zero-order valence-corrected chi connectivity index (χ0v) is 16.4.